The molecule has 17 heavy (non-hydrogen) atoms. The van der Waals surface area contributed by atoms with E-state index >= 15 is 0 Å². The summed E-state index contributed by atoms with van der Waals surface area (Å²) in [6.07, 6.45) is -4.05. The molecule has 0 bridgehead atoms. The van der Waals surface area contributed by atoms with E-state index < -0.39 is 12.6 Å². The molecule has 0 spiro atoms. The molecule has 0 amide bonds. The van der Waals surface area contributed by atoms with Crippen LogP contribution in [0.4, 0.5) is 13.2 Å². The highest BCUT2D eigenvalue weighted by Gasteiger charge is 2.27. The van der Waals surface area contributed by atoms with Gasteiger partial charge < -0.3 is 5.32 Å². The Labute approximate surface area is 104 Å². The molecule has 1 unspecified atom stereocenters. The summed E-state index contributed by atoms with van der Waals surface area (Å²) in [5.41, 5.74) is 1.21. The van der Waals surface area contributed by atoms with Gasteiger partial charge in [-0.1, -0.05) is 0 Å². The normalized spacial score (nSPS) is 14.0. The maximum absolute atomic E-state index is 12.1. The molecule has 0 radical (unpaired) electrons. The van der Waals surface area contributed by atoms with Crippen molar-refractivity contribution in [3.63, 3.8) is 0 Å². The van der Waals surface area contributed by atoms with Crippen LogP contribution in [0.15, 0.2) is 6.07 Å². The molecule has 1 atom stereocenters. The van der Waals surface area contributed by atoms with Gasteiger partial charge in [0.1, 0.15) is 0 Å². The topological polar surface area (TPSA) is 12.0 Å². The number of hydrogen-bond donors (Lipinski definition) is 1. The number of thiophene rings is 1. The van der Waals surface area contributed by atoms with Crippen LogP contribution in [0.5, 0.6) is 0 Å². The van der Waals surface area contributed by atoms with Gasteiger partial charge in [0, 0.05) is 22.2 Å². The van der Waals surface area contributed by atoms with E-state index in [9.17, 15) is 13.2 Å². The SMILES string of the molecule is CNC(CCCC(F)(F)F)c1cc(C)c(C)s1. The lowest BCUT2D eigenvalue weighted by Crippen LogP contribution is -2.16. The Morgan fingerprint density at radius 1 is 1.35 bits per heavy atom. The monoisotopic (exact) mass is 265 g/mol. The second kappa shape index (κ2) is 5.87. The molecule has 1 heterocycles. The van der Waals surface area contributed by atoms with E-state index in [4.69, 9.17) is 0 Å². The smallest absolute Gasteiger partial charge is 0.312 e. The first kappa shape index (κ1) is 14.5. The van der Waals surface area contributed by atoms with Crippen LogP contribution in [-0.4, -0.2) is 13.2 Å². The summed E-state index contributed by atoms with van der Waals surface area (Å²) in [5.74, 6) is 0. The standard InChI is InChI=1S/C12H18F3NS/c1-8-7-11(17-9(8)2)10(16-3)5-4-6-12(13,14)15/h7,10,16H,4-6H2,1-3H3. The Kier molecular flexibility index (Phi) is 5.01. The summed E-state index contributed by atoms with van der Waals surface area (Å²) >= 11 is 1.66. The predicted molar refractivity (Wildman–Crippen MR) is 65.5 cm³/mol. The third-order valence-electron chi connectivity index (χ3n) is 2.83. The highest BCUT2D eigenvalue weighted by molar-refractivity contribution is 7.12. The van der Waals surface area contributed by atoms with Crippen molar-refractivity contribution in [2.75, 3.05) is 7.05 Å². The molecular weight excluding hydrogens is 247 g/mol. The van der Waals surface area contributed by atoms with Crippen molar-refractivity contribution in [3.8, 4) is 0 Å². The van der Waals surface area contributed by atoms with Crippen molar-refractivity contribution in [3.05, 3.63) is 21.4 Å². The fraction of sp³-hybridized carbons (Fsp3) is 0.667. The van der Waals surface area contributed by atoms with E-state index in [0.29, 0.717) is 6.42 Å². The Bertz CT molecular complexity index is 338. The Hall–Kier alpha value is -0.550. The van der Waals surface area contributed by atoms with E-state index in [1.165, 1.54) is 10.4 Å². The number of hydrogen-bond acceptors (Lipinski definition) is 2. The minimum absolute atomic E-state index is 0.0368. The second-order valence-corrected chi connectivity index (χ2v) is 5.52. The molecule has 1 aromatic heterocycles. The Morgan fingerprint density at radius 2 is 2.00 bits per heavy atom. The van der Waals surface area contributed by atoms with Gasteiger partial charge in [-0.3, -0.25) is 0 Å². The summed E-state index contributed by atoms with van der Waals surface area (Å²) in [6, 6.07) is 2.10. The molecule has 1 rings (SSSR count). The third kappa shape index (κ3) is 4.68. The average molecular weight is 265 g/mol. The number of halogens is 3. The zero-order valence-corrected chi connectivity index (χ0v) is 11.1. The first-order chi connectivity index (χ1) is 7.83. The average Bonchev–Trinajstić information content (AvgIpc) is 2.52. The van der Waals surface area contributed by atoms with Gasteiger partial charge in [0.2, 0.25) is 0 Å². The summed E-state index contributed by atoms with van der Waals surface area (Å²) < 4.78 is 36.2. The number of nitrogens with one attached hydrogen (secondary N) is 1. The van der Waals surface area contributed by atoms with Crippen LogP contribution in [-0.2, 0) is 0 Å². The van der Waals surface area contributed by atoms with Gasteiger partial charge in [-0.25, -0.2) is 0 Å². The number of alkyl halides is 3. The highest BCUT2D eigenvalue weighted by Crippen LogP contribution is 2.31. The van der Waals surface area contributed by atoms with E-state index in [1.807, 2.05) is 13.8 Å². The van der Waals surface area contributed by atoms with E-state index in [0.717, 1.165) is 4.88 Å². The van der Waals surface area contributed by atoms with Crippen LogP contribution in [0.25, 0.3) is 0 Å². The van der Waals surface area contributed by atoms with Gasteiger partial charge in [-0.05, 0) is 45.4 Å². The molecule has 0 saturated carbocycles. The van der Waals surface area contributed by atoms with Crippen LogP contribution in [0.2, 0.25) is 0 Å². The molecule has 5 heteroatoms. The molecule has 0 fully saturated rings. The minimum atomic E-state index is -4.04. The molecule has 0 aromatic carbocycles. The zero-order valence-electron chi connectivity index (χ0n) is 10.3. The number of rotatable bonds is 5. The van der Waals surface area contributed by atoms with Gasteiger partial charge in [0.25, 0.3) is 0 Å². The largest absolute Gasteiger partial charge is 0.389 e. The van der Waals surface area contributed by atoms with Gasteiger partial charge in [0.15, 0.2) is 0 Å². The lowest BCUT2D eigenvalue weighted by atomic mass is 10.1. The van der Waals surface area contributed by atoms with Crippen LogP contribution in [0, 0.1) is 13.8 Å². The van der Waals surface area contributed by atoms with Crippen LogP contribution >= 0.6 is 11.3 Å². The Balaban J connectivity index is 2.54. The minimum Gasteiger partial charge on any atom is -0.312 e. The van der Waals surface area contributed by atoms with Crippen LogP contribution in [0.1, 0.15) is 40.6 Å². The molecule has 0 aliphatic rings. The van der Waals surface area contributed by atoms with E-state index in [2.05, 4.69) is 11.4 Å². The highest BCUT2D eigenvalue weighted by atomic mass is 32.1. The predicted octanol–water partition coefficient (Wildman–Crippen LogP) is 4.36. The summed E-state index contributed by atoms with van der Waals surface area (Å²) in [4.78, 5) is 2.36. The molecule has 0 aliphatic carbocycles. The van der Waals surface area contributed by atoms with Crippen molar-refractivity contribution in [1.82, 2.24) is 5.32 Å². The van der Waals surface area contributed by atoms with E-state index in [1.54, 1.807) is 18.4 Å². The number of aryl methyl sites for hydroxylation is 2. The molecule has 98 valence electrons. The van der Waals surface area contributed by atoms with Crippen molar-refractivity contribution < 1.29 is 13.2 Å². The fourth-order valence-corrected chi connectivity index (χ4v) is 2.90. The van der Waals surface area contributed by atoms with Crippen LogP contribution in [0.3, 0.4) is 0 Å². The lowest BCUT2D eigenvalue weighted by Gasteiger charge is -2.15. The van der Waals surface area contributed by atoms with Gasteiger partial charge >= 0.3 is 6.18 Å². The van der Waals surface area contributed by atoms with Crippen LogP contribution < -0.4 is 5.32 Å². The summed E-state index contributed by atoms with van der Waals surface area (Å²) in [5, 5.41) is 3.09. The molecule has 1 aromatic rings. The quantitative estimate of drug-likeness (QED) is 0.834. The molecule has 1 nitrogen and oxygen atoms in total. The first-order valence-corrected chi connectivity index (χ1v) is 6.46. The van der Waals surface area contributed by atoms with Gasteiger partial charge in [-0.15, -0.1) is 11.3 Å². The molecule has 0 aliphatic heterocycles. The van der Waals surface area contributed by atoms with Crippen molar-refractivity contribution in [2.24, 2.45) is 0 Å². The molecule has 1 N–H and O–H groups in total. The van der Waals surface area contributed by atoms with Crippen molar-refractivity contribution >= 4 is 11.3 Å². The summed E-state index contributed by atoms with van der Waals surface area (Å²) in [7, 11) is 1.79. The molecular formula is C12H18F3NS. The second-order valence-electron chi connectivity index (χ2n) is 4.24. The lowest BCUT2D eigenvalue weighted by molar-refractivity contribution is -0.135. The maximum atomic E-state index is 12.1. The first-order valence-electron chi connectivity index (χ1n) is 5.64. The fourth-order valence-electron chi connectivity index (χ4n) is 1.71. The maximum Gasteiger partial charge on any atom is 0.389 e. The van der Waals surface area contributed by atoms with Crippen molar-refractivity contribution in [1.29, 1.82) is 0 Å². The van der Waals surface area contributed by atoms with Gasteiger partial charge in [0.05, 0.1) is 0 Å². The van der Waals surface area contributed by atoms with Gasteiger partial charge in [-0.2, -0.15) is 13.2 Å². The Morgan fingerprint density at radius 3 is 2.41 bits per heavy atom. The summed E-state index contributed by atoms with van der Waals surface area (Å²) in [6.45, 7) is 4.06. The third-order valence-corrected chi connectivity index (χ3v) is 4.10. The zero-order chi connectivity index (χ0) is 13.1. The molecule has 0 saturated heterocycles. The van der Waals surface area contributed by atoms with E-state index in [-0.39, 0.29) is 12.5 Å². The van der Waals surface area contributed by atoms with Crippen molar-refractivity contribution in [2.45, 2.75) is 45.3 Å².